The molecule has 1 aliphatic heterocycles. The molecule has 1 amide bonds. The summed E-state index contributed by atoms with van der Waals surface area (Å²) in [6.07, 6.45) is 1.94. The highest BCUT2D eigenvalue weighted by molar-refractivity contribution is 5.69. The Morgan fingerprint density at radius 1 is 1.41 bits per heavy atom. The highest BCUT2D eigenvalue weighted by atomic mass is 16.6. The Bertz CT molecular complexity index is 245. The van der Waals surface area contributed by atoms with Gasteiger partial charge in [0.15, 0.2) is 0 Å². The monoisotopic (exact) mass is 243 g/mol. The van der Waals surface area contributed by atoms with E-state index in [9.17, 15) is 4.79 Å². The molecule has 5 heteroatoms. The Morgan fingerprint density at radius 3 is 2.59 bits per heavy atom. The molecule has 1 aliphatic rings. The predicted molar refractivity (Wildman–Crippen MR) is 67.9 cm³/mol. The number of nitrogens with zero attached hydrogens (tertiary/aromatic N) is 1. The van der Waals surface area contributed by atoms with Gasteiger partial charge in [-0.1, -0.05) is 0 Å². The molecule has 0 unspecified atom stereocenters. The third-order valence-corrected chi connectivity index (χ3v) is 2.60. The molecule has 0 aromatic heterocycles. The standard InChI is InChI=1S/C12H25N3O2/c1-12(2,3)17-11(16)15-8-10(9-15)14-7-5-4-6-13/h10,14H,4-9,13H2,1-3H3. The SMILES string of the molecule is CC(C)(C)OC(=O)N1CC(NCCCCN)C1. The van der Waals surface area contributed by atoms with Crippen LogP contribution < -0.4 is 11.1 Å². The molecule has 0 aromatic rings. The molecule has 100 valence electrons. The van der Waals surface area contributed by atoms with E-state index in [-0.39, 0.29) is 6.09 Å². The molecule has 0 spiro atoms. The first-order valence-electron chi connectivity index (χ1n) is 6.34. The first-order chi connectivity index (χ1) is 7.92. The van der Waals surface area contributed by atoms with Crippen molar-refractivity contribution >= 4 is 6.09 Å². The van der Waals surface area contributed by atoms with Gasteiger partial charge in [-0.15, -0.1) is 0 Å². The maximum Gasteiger partial charge on any atom is 0.410 e. The number of unbranched alkanes of at least 4 members (excludes halogenated alkanes) is 1. The molecule has 3 N–H and O–H groups in total. The lowest BCUT2D eigenvalue weighted by Crippen LogP contribution is -2.60. The van der Waals surface area contributed by atoms with Crippen LogP contribution >= 0.6 is 0 Å². The molecular weight excluding hydrogens is 218 g/mol. The van der Waals surface area contributed by atoms with Crippen molar-refractivity contribution < 1.29 is 9.53 Å². The number of carbonyl (C=O) groups excluding carboxylic acids is 1. The highest BCUT2D eigenvalue weighted by Crippen LogP contribution is 2.15. The number of rotatable bonds is 5. The van der Waals surface area contributed by atoms with Crippen LogP contribution in [0.4, 0.5) is 4.79 Å². The second-order valence-electron chi connectivity index (χ2n) is 5.53. The Hall–Kier alpha value is -0.810. The fourth-order valence-electron chi connectivity index (χ4n) is 1.66. The molecule has 0 atom stereocenters. The predicted octanol–water partition coefficient (Wildman–Crippen LogP) is 0.934. The zero-order chi connectivity index (χ0) is 12.9. The summed E-state index contributed by atoms with van der Waals surface area (Å²) in [7, 11) is 0. The summed E-state index contributed by atoms with van der Waals surface area (Å²) in [5.41, 5.74) is 5.01. The number of ether oxygens (including phenoxy) is 1. The molecule has 17 heavy (non-hydrogen) atoms. The van der Waals surface area contributed by atoms with Gasteiger partial charge in [-0.05, 0) is 46.7 Å². The molecular formula is C12H25N3O2. The number of hydrogen-bond donors (Lipinski definition) is 2. The van der Waals surface area contributed by atoms with E-state index in [1.54, 1.807) is 4.90 Å². The van der Waals surface area contributed by atoms with Crippen LogP contribution in [0, 0.1) is 0 Å². The van der Waals surface area contributed by atoms with E-state index in [0.29, 0.717) is 6.04 Å². The van der Waals surface area contributed by atoms with E-state index in [2.05, 4.69) is 5.32 Å². The summed E-state index contributed by atoms with van der Waals surface area (Å²) in [6.45, 7) is 8.86. The molecule has 0 saturated carbocycles. The maximum atomic E-state index is 11.6. The van der Waals surface area contributed by atoms with Crippen LogP contribution in [0.1, 0.15) is 33.6 Å². The van der Waals surface area contributed by atoms with Gasteiger partial charge in [0, 0.05) is 19.1 Å². The molecule has 0 aliphatic carbocycles. The average molecular weight is 243 g/mol. The van der Waals surface area contributed by atoms with Crippen molar-refractivity contribution in [3.63, 3.8) is 0 Å². The second-order valence-corrected chi connectivity index (χ2v) is 5.53. The molecule has 0 aromatic carbocycles. The van der Waals surface area contributed by atoms with Gasteiger partial charge >= 0.3 is 6.09 Å². The molecule has 5 nitrogen and oxygen atoms in total. The highest BCUT2D eigenvalue weighted by Gasteiger charge is 2.32. The Balaban J connectivity index is 2.08. The smallest absolute Gasteiger partial charge is 0.410 e. The largest absolute Gasteiger partial charge is 0.444 e. The summed E-state index contributed by atoms with van der Waals surface area (Å²) in [4.78, 5) is 13.4. The first-order valence-corrected chi connectivity index (χ1v) is 6.34. The first kappa shape index (κ1) is 14.3. The van der Waals surface area contributed by atoms with Crippen molar-refractivity contribution in [2.75, 3.05) is 26.2 Å². The van der Waals surface area contributed by atoms with Crippen LogP contribution in [0.5, 0.6) is 0 Å². The third-order valence-electron chi connectivity index (χ3n) is 2.60. The van der Waals surface area contributed by atoms with Crippen LogP contribution in [0.25, 0.3) is 0 Å². The van der Waals surface area contributed by atoms with Gasteiger partial charge in [-0.25, -0.2) is 4.79 Å². The van der Waals surface area contributed by atoms with Crippen molar-refractivity contribution in [3.8, 4) is 0 Å². The topological polar surface area (TPSA) is 67.6 Å². The van der Waals surface area contributed by atoms with Crippen LogP contribution in [0.2, 0.25) is 0 Å². The molecule has 1 heterocycles. The van der Waals surface area contributed by atoms with Crippen molar-refractivity contribution in [2.45, 2.75) is 45.3 Å². The van der Waals surface area contributed by atoms with Crippen molar-refractivity contribution in [1.29, 1.82) is 0 Å². The second kappa shape index (κ2) is 6.21. The van der Waals surface area contributed by atoms with Crippen LogP contribution in [-0.4, -0.2) is 48.8 Å². The molecule has 0 bridgehead atoms. The molecule has 1 fully saturated rings. The van der Waals surface area contributed by atoms with Gasteiger partial charge in [0.25, 0.3) is 0 Å². The number of nitrogens with two attached hydrogens (primary N) is 1. The van der Waals surface area contributed by atoms with E-state index in [4.69, 9.17) is 10.5 Å². The minimum Gasteiger partial charge on any atom is -0.444 e. The zero-order valence-corrected chi connectivity index (χ0v) is 11.2. The van der Waals surface area contributed by atoms with Gasteiger partial charge in [0.2, 0.25) is 0 Å². The third kappa shape index (κ3) is 5.37. The Kier molecular flexibility index (Phi) is 5.21. The lowest BCUT2D eigenvalue weighted by molar-refractivity contribution is 0.00536. The van der Waals surface area contributed by atoms with Gasteiger partial charge in [0.1, 0.15) is 5.60 Å². The fourth-order valence-corrected chi connectivity index (χ4v) is 1.66. The fraction of sp³-hybridized carbons (Fsp3) is 0.917. The van der Waals surface area contributed by atoms with Crippen LogP contribution in [0.15, 0.2) is 0 Å². The van der Waals surface area contributed by atoms with Gasteiger partial charge < -0.3 is 20.7 Å². The summed E-state index contributed by atoms with van der Waals surface area (Å²) >= 11 is 0. The van der Waals surface area contributed by atoms with Crippen LogP contribution in [-0.2, 0) is 4.74 Å². The Morgan fingerprint density at radius 2 is 2.06 bits per heavy atom. The van der Waals surface area contributed by atoms with E-state index in [0.717, 1.165) is 39.0 Å². The van der Waals surface area contributed by atoms with E-state index in [1.807, 2.05) is 20.8 Å². The summed E-state index contributed by atoms with van der Waals surface area (Å²) in [5, 5.41) is 3.40. The minimum atomic E-state index is -0.406. The Labute approximate surface area is 104 Å². The maximum absolute atomic E-state index is 11.6. The van der Waals surface area contributed by atoms with E-state index >= 15 is 0 Å². The normalized spacial score (nSPS) is 16.8. The van der Waals surface area contributed by atoms with Crippen molar-refractivity contribution in [2.24, 2.45) is 5.73 Å². The number of nitrogens with one attached hydrogen (secondary N) is 1. The lowest BCUT2D eigenvalue weighted by Gasteiger charge is -2.40. The summed E-state index contributed by atoms with van der Waals surface area (Å²) in [5.74, 6) is 0. The lowest BCUT2D eigenvalue weighted by atomic mass is 10.1. The van der Waals surface area contributed by atoms with Crippen molar-refractivity contribution in [1.82, 2.24) is 10.2 Å². The van der Waals surface area contributed by atoms with Gasteiger partial charge in [0.05, 0.1) is 0 Å². The summed E-state index contributed by atoms with van der Waals surface area (Å²) < 4.78 is 5.28. The number of likely N-dealkylation sites (tertiary alicyclic amines) is 1. The molecule has 0 radical (unpaired) electrons. The van der Waals surface area contributed by atoms with E-state index in [1.165, 1.54) is 0 Å². The summed E-state index contributed by atoms with van der Waals surface area (Å²) in [6, 6.07) is 0.417. The van der Waals surface area contributed by atoms with Gasteiger partial charge in [-0.3, -0.25) is 0 Å². The average Bonchev–Trinajstić information content (AvgIpc) is 2.11. The number of amides is 1. The van der Waals surface area contributed by atoms with E-state index < -0.39 is 5.60 Å². The van der Waals surface area contributed by atoms with Crippen molar-refractivity contribution in [3.05, 3.63) is 0 Å². The molecule has 1 saturated heterocycles. The molecule has 1 rings (SSSR count). The van der Waals surface area contributed by atoms with Crippen LogP contribution in [0.3, 0.4) is 0 Å². The number of hydrogen-bond acceptors (Lipinski definition) is 4. The number of carbonyl (C=O) groups is 1. The quantitative estimate of drug-likeness (QED) is 0.705. The van der Waals surface area contributed by atoms with Gasteiger partial charge in [-0.2, -0.15) is 0 Å². The zero-order valence-electron chi connectivity index (χ0n) is 11.2. The minimum absolute atomic E-state index is 0.211.